The number of anilines is 1. The molecular weight excluding hydrogens is 351 g/mol. The highest BCUT2D eigenvalue weighted by Gasteiger charge is 2.23. The third-order valence-electron chi connectivity index (χ3n) is 2.73. The van der Waals surface area contributed by atoms with Gasteiger partial charge in [-0.05, 0) is 18.6 Å². The summed E-state index contributed by atoms with van der Waals surface area (Å²) < 4.78 is 29.7. The summed E-state index contributed by atoms with van der Waals surface area (Å²) >= 11 is 11.9. The summed E-state index contributed by atoms with van der Waals surface area (Å²) in [6, 6.07) is 4.60. The average molecular weight is 369 g/mol. The van der Waals surface area contributed by atoms with Crippen LogP contribution in [0, 0.1) is 0 Å². The minimum absolute atomic E-state index is 0.0850. The van der Waals surface area contributed by atoms with Crippen LogP contribution in [-0.4, -0.2) is 47.4 Å². The lowest BCUT2D eigenvalue weighted by Gasteiger charge is -2.23. The molecule has 1 aromatic carbocycles. The zero-order chi connectivity index (χ0) is 16.8. The van der Waals surface area contributed by atoms with Crippen LogP contribution in [0.25, 0.3) is 0 Å². The van der Waals surface area contributed by atoms with Crippen molar-refractivity contribution in [2.75, 3.05) is 37.4 Å². The van der Waals surface area contributed by atoms with Crippen molar-refractivity contribution in [3.8, 4) is 0 Å². The molecule has 0 aliphatic rings. The van der Waals surface area contributed by atoms with Crippen molar-refractivity contribution < 1.29 is 17.9 Å². The molecular formula is C13H18Cl2N2O4S. The van der Waals surface area contributed by atoms with E-state index < -0.39 is 15.9 Å². The molecule has 0 aliphatic heterocycles. The van der Waals surface area contributed by atoms with Crippen molar-refractivity contribution in [3.63, 3.8) is 0 Å². The van der Waals surface area contributed by atoms with Gasteiger partial charge in [0.1, 0.15) is 6.54 Å². The Morgan fingerprint density at radius 2 is 2.05 bits per heavy atom. The zero-order valence-corrected chi connectivity index (χ0v) is 14.6. The summed E-state index contributed by atoms with van der Waals surface area (Å²) in [7, 11) is -2.12. The zero-order valence-electron chi connectivity index (χ0n) is 12.3. The highest BCUT2D eigenvalue weighted by atomic mass is 35.5. The van der Waals surface area contributed by atoms with E-state index in [2.05, 4.69) is 5.32 Å². The summed E-state index contributed by atoms with van der Waals surface area (Å²) in [5, 5.41) is 2.92. The molecule has 1 aromatic rings. The van der Waals surface area contributed by atoms with Crippen LogP contribution < -0.4 is 9.62 Å². The molecule has 0 atom stereocenters. The maximum atomic E-state index is 11.9. The molecule has 6 nitrogen and oxygen atoms in total. The van der Waals surface area contributed by atoms with Gasteiger partial charge in [-0.3, -0.25) is 9.10 Å². The van der Waals surface area contributed by atoms with Crippen LogP contribution in [-0.2, 0) is 19.6 Å². The summed E-state index contributed by atoms with van der Waals surface area (Å²) in [5.41, 5.74) is 0.170. The maximum Gasteiger partial charge on any atom is 0.240 e. The number of nitrogens with one attached hydrogen (secondary N) is 1. The van der Waals surface area contributed by atoms with Gasteiger partial charge in [0.2, 0.25) is 15.9 Å². The number of methoxy groups -OCH3 is 1. The van der Waals surface area contributed by atoms with E-state index in [9.17, 15) is 13.2 Å². The molecule has 124 valence electrons. The van der Waals surface area contributed by atoms with Gasteiger partial charge in [-0.15, -0.1) is 0 Å². The number of hydrogen-bond acceptors (Lipinski definition) is 4. The van der Waals surface area contributed by atoms with Gasteiger partial charge in [0.25, 0.3) is 0 Å². The number of benzene rings is 1. The van der Waals surface area contributed by atoms with E-state index >= 15 is 0 Å². The lowest BCUT2D eigenvalue weighted by molar-refractivity contribution is -0.119. The molecule has 0 unspecified atom stereocenters. The Morgan fingerprint density at radius 3 is 2.64 bits per heavy atom. The molecule has 0 fully saturated rings. The number of carbonyl (C=O) groups is 1. The summed E-state index contributed by atoms with van der Waals surface area (Å²) in [4.78, 5) is 11.9. The van der Waals surface area contributed by atoms with E-state index in [4.69, 9.17) is 27.9 Å². The second-order valence-electron chi connectivity index (χ2n) is 4.54. The molecule has 1 rings (SSSR count). The van der Waals surface area contributed by atoms with Gasteiger partial charge in [0.05, 0.1) is 22.0 Å². The quantitative estimate of drug-likeness (QED) is 0.711. The third kappa shape index (κ3) is 5.64. The molecule has 0 saturated heterocycles. The first kappa shape index (κ1) is 19.0. The van der Waals surface area contributed by atoms with Gasteiger partial charge < -0.3 is 10.1 Å². The fraction of sp³-hybridized carbons (Fsp3) is 0.462. The standard InChI is InChI=1S/C13H18Cl2N2O4S/c1-21-8-4-7-16-12(18)9-17(22(2,19)20)11-6-3-5-10(14)13(11)15/h3,5-6H,4,7-9H2,1-2H3,(H,16,18). The van der Waals surface area contributed by atoms with E-state index in [1.165, 1.54) is 6.07 Å². The first-order valence-corrected chi connectivity index (χ1v) is 9.05. The Kier molecular flexibility index (Phi) is 7.41. The largest absolute Gasteiger partial charge is 0.385 e. The number of nitrogens with zero attached hydrogens (tertiary/aromatic N) is 1. The topological polar surface area (TPSA) is 75.7 Å². The van der Waals surface area contributed by atoms with Crippen molar-refractivity contribution in [1.29, 1.82) is 0 Å². The van der Waals surface area contributed by atoms with Gasteiger partial charge in [-0.25, -0.2) is 8.42 Å². The predicted molar refractivity (Wildman–Crippen MR) is 88.2 cm³/mol. The Hall–Kier alpha value is -1.02. The van der Waals surface area contributed by atoms with Crippen molar-refractivity contribution in [2.24, 2.45) is 0 Å². The number of carbonyl (C=O) groups excluding carboxylic acids is 1. The Bertz CT molecular complexity index is 622. The first-order valence-electron chi connectivity index (χ1n) is 6.44. The van der Waals surface area contributed by atoms with E-state index in [1.54, 1.807) is 19.2 Å². The Balaban J connectivity index is 2.87. The lowest BCUT2D eigenvalue weighted by Crippen LogP contribution is -2.41. The second-order valence-corrected chi connectivity index (χ2v) is 7.23. The minimum atomic E-state index is -3.68. The fourth-order valence-corrected chi connectivity index (χ4v) is 3.01. The van der Waals surface area contributed by atoms with Gasteiger partial charge in [-0.2, -0.15) is 0 Å². The number of amides is 1. The molecule has 22 heavy (non-hydrogen) atoms. The monoisotopic (exact) mass is 368 g/mol. The number of rotatable bonds is 8. The Labute approximate surface area is 140 Å². The molecule has 1 N–H and O–H groups in total. The van der Waals surface area contributed by atoms with E-state index in [-0.39, 0.29) is 22.3 Å². The van der Waals surface area contributed by atoms with E-state index in [1.807, 2.05) is 0 Å². The van der Waals surface area contributed by atoms with Crippen molar-refractivity contribution >= 4 is 44.8 Å². The number of ether oxygens (including phenoxy) is 1. The second kappa shape index (κ2) is 8.57. The number of halogens is 2. The van der Waals surface area contributed by atoms with Crippen LogP contribution in [0.1, 0.15) is 6.42 Å². The van der Waals surface area contributed by atoms with Crippen LogP contribution in [0.3, 0.4) is 0 Å². The van der Waals surface area contributed by atoms with Crippen LogP contribution in [0.2, 0.25) is 10.0 Å². The van der Waals surface area contributed by atoms with Crippen LogP contribution >= 0.6 is 23.2 Å². The molecule has 0 bridgehead atoms. The highest BCUT2D eigenvalue weighted by Crippen LogP contribution is 2.33. The van der Waals surface area contributed by atoms with Crippen LogP contribution in [0.5, 0.6) is 0 Å². The summed E-state index contributed by atoms with van der Waals surface area (Å²) in [5.74, 6) is -0.433. The molecule has 1 amide bonds. The van der Waals surface area contributed by atoms with Crippen LogP contribution in [0.4, 0.5) is 5.69 Å². The normalized spacial score (nSPS) is 11.3. The molecule has 0 spiro atoms. The molecule has 0 saturated carbocycles. The SMILES string of the molecule is COCCCNC(=O)CN(c1cccc(Cl)c1Cl)S(C)(=O)=O. The van der Waals surface area contributed by atoms with E-state index in [0.29, 0.717) is 19.6 Å². The van der Waals surface area contributed by atoms with Crippen molar-refractivity contribution in [3.05, 3.63) is 28.2 Å². The first-order chi connectivity index (χ1) is 10.3. The molecule has 9 heteroatoms. The predicted octanol–water partition coefficient (Wildman–Crippen LogP) is 1.91. The smallest absolute Gasteiger partial charge is 0.240 e. The summed E-state index contributed by atoms with van der Waals surface area (Å²) in [6.07, 6.45) is 1.64. The van der Waals surface area contributed by atoms with Crippen molar-refractivity contribution in [1.82, 2.24) is 5.32 Å². The van der Waals surface area contributed by atoms with Crippen molar-refractivity contribution in [2.45, 2.75) is 6.42 Å². The van der Waals surface area contributed by atoms with Gasteiger partial charge in [0.15, 0.2) is 0 Å². The number of sulfonamides is 1. The molecule has 0 radical (unpaired) electrons. The molecule has 0 aliphatic carbocycles. The highest BCUT2D eigenvalue weighted by molar-refractivity contribution is 7.92. The molecule has 0 aromatic heterocycles. The van der Waals surface area contributed by atoms with E-state index in [0.717, 1.165) is 10.6 Å². The van der Waals surface area contributed by atoms with Crippen LogP contribution in [0.15, 0.2) is 18.2 Å². The number of hydrogen-bond donors (Lipinski definition) is 1. The molecule has 0 heterocycles. The Morgan fingerprint density at radius 1 is 1.36 bits per heavy atom. The minimum Gasteiger partial charge on any atom is -0.385 e. The van der Waals surface area contributed by atoms with Gasteiger partial charge >= 0.3 is 0 Å². The average Bonchev–Trinajstić information content (AvgIpc) is 2.43. The van der Waals surface area contributed by atoms with Gasteiger partial charge in [-0.1, -0.05) is 29.3 Å². The summed E-state index contributed by atoms with van der Waals surface area (Å²) in [6.45, 7) is 0.537. The fourth-order valence-electron chi connectivity index (χ4n) is 1.70. The maximum absolute atomic E-state index is 11.9. The lowest BCUT2D eigenvalue weighted by atomic mass is 10.3. The third-order valence-corrected chi connectivity index (χ3v) is 4.67. The van der Waals surface area contributed by atoms with Gasteiger partial charge in [0, 0.05) is 20.3 Å².